The van der Waals surface area contributed by atoms with Gasteiger partial charge in [0, 0.05) is 47.6 Å². The zero-order chi connectivity index (χ0) is 22.8. The fraction of sp³-hybridized carbons (Fsp3) is 0.417. The number of ketones is 1. The van der Waals surface area contributed by atoms with E-state index in [1.807, 2.05) is 44.2 Å². The normalized spacial score (nSPS) is 16.1. The largest absolute Gasteiger partial charge is 0.378 e. The van der Waals surface area contributed by atoms with Crippen LogP contribution in [-0.4, -0.2) is 52.3 Å². The van der Waals surface area contributed by atoms with Crippen LogP contribution >= 0.6 is 11.8 Å². The summed E-state index contributed by atoms with van der Waals surface area (Å²) >= 11 is 1.52. The van der Waals surface area contributed by atoms with Crippen LogP contribution in [0.3, 0.4) is 0 Å². The SMILES string of the molecule is Cc1cc(Nc2nc(Sc3ccc(CC(=O)C4CC4)cc3)nc(N3CCOCC3)c2C)n[nH]1. The Morgan fingerprint density at radius 3 is 2.61 bits per heavy atom. The fourth-order valence-electron chi connectivity index (χ4n) is 3.87. The van der Waals surface area contributed by atoms with Crippen molar-refractivity contribution >= 4 is 35.0 Å². The molecule has 1 aliphatic heterocycles. The third kappa shape index (κ3) is 5.36. The Labute approximate surface area is 197 Å². The lowest BCUT2D eigenvalue weighted by molar-refractivity contribution is -0.119. The molecule has 33 heavy (non-hydrogen) atoms. The Morgan fingerprint density at radius 1 is 1.18 bits per heavy atom. The fourth-order valence-corrected chi connectivity index (χ4v) is 4.62. The van der Waals surface area contributed by atoms with Crippen molar-refractivity contribution in [2.45, 2.75) is 43.2 Å². The quantitative estimate of drug-likeness (QED) is 0.482. The number of nitrogens with zero attached hydrogens (tertiary/aromatic N) is 4. The molecule has 0 spiro atoms. The van der Waals surface area contributed by atoms with Crippen molar-refractivity contribution in [3.63, 3.8) is 0 Å². The third-order valence-corrected chi connectivity index (χ3v) is 6.78. The highest BCUT2D eigenvalue weighted by molar-refractivity contribution is 7.99. The molecule has 9 heteroatoms. The van der Waals surface area contributed by atoms with Gasteiger partial charge in [-0.1, -0.05) is 12.1 Å². The maximum atomic E-state index is 12.1. The number of ether oxygens (including phenoxy) is 1. The van der Waals surface area contributed by atoms with Crippen LogP contribution in [-0.2, 0) is 16.0 Å². The van der Waals surface area contributed by atoms with E-state index in [2.05, 4.69) is 20.4 Å². The molecule has 5 rings (SSSR count). The van der Waals surface area contributed by atoms with E-state index in [4.69, 9.17) is 14.7 Å². The summed E-state index contributed by atoms with van der Waals surface area (Å²) in [6.07, 6.45) is 2.63. The molecule has 2 fully saturated rings. The predicted molar refractivity (Wildman–Crippen MR) is 128 cm³/mol. The number of aromatic nitrogens is 4. The Hall–Kier alpha value is -2.91. The third-order valence-electron chi connectivity index (χ3n) is 5.91. The summed E-state index contributed by atoms with van der Waals surface area (Å²) in [4.78, 5) is 25.1. The first-order chi connectivity index (χ1) is 16.0. The minimum atomic E-state index is 0.294. The van der Waals surface area contributed by atoms with Crippen molar-refractivity contribution in [1.29, 1.82) is 0 Å². The maximum Gasteiger partial charge on any atom is 0.196 e. The second-order valence-electron chi connectivity index (χ2n) is 8.63. The van der Waals surface area contributed by atoms with Gasteiger partial charge in [0.2, 0.25) is 0 Å². The smallest absolute Gasteiger partial charge is 0.196 e. The van der Waals surface area contributed by atoms with E-state index in [1.54, 1.807) is 0 Å². The van der Waals surface area contributed by atoms with Gasteiger partial charge in [-0.05, 0) is 56.1 Å². The summed E-state index contributed by atoms with van der Waals surface area (Å²) in [7, 11) is 0. The summed E-state index contributed by atoms with van der Waals surface area (Å²) in [6, 6.07) is 10.1. The molecule has 2 aromatic heterocycles. The summed E-state index contributed by atoms with van der Waals surface area (Å²) < 4.78 is 5.53. The first-order valence-corrected chi connectivity index (χ1v) is 12.2. The molecule has 3 heterocycles. The zero-order valence-electron chi connectivity index (χ0n) is 18.9. The Morgan fingerprint density at radius 2 is 1.94 bits per heavy atom. The number of nitrogens with one attached hydrogen (secondary N) is 2. The van der Waals surface area contributed by atoms with E-state index in [0.29, 0.717) is 36.5 Å². The van der Waals surface area contributed by atoms with Crippen LogP contribution in [0.4, 0.5) is 17.5 Å². The molecular formula is C24H28N6O2S. The Kier molecular flexibility index (Phi) is 6.32. The average molecular weight is 465 g/mol. The molecule has 2 N–H and O–H groups in total. The van der Waals surface area contributed by atoms with Gasteiger partial charge >= 0.3 is 0 Å². The number of hydrogen-bond acceptors (Lipinski definition) is 8. The number of morpholine rings is 1. The lowest BCUT2D eigenvalue weighted by Crippen LogP contribution is -2.37. The monoisotopic (exact) mass is 464 g/mol. The molecular weight excluding hydrogens is 436 g/mol. The predicted octanol–water partition coefficient (Wildman–Crippen LogP) is 4.07. The molecule has 8 nitrogen and oxygen atoms in total. The second-order valence-corrected chi connectivity index (χ2v) is 9.67. The molecule has 0 radical (unpaired) electrons. The topological polar surface area (TPSA) is 96.0 Å². The lowest BCUT2D eigenvalue weighted by atomic mass is 10.1. The molecule has 1 aromatic carbocycles. The van der Waals surface area contributed by atoms with Crippen LogP contribution in [0.5, 0.6) is 0 Å². The van der Waals surface area contributed by atoms with E-state index in [-0.39, 0.29) is 0 Å². The number of anilines is 3. The number of rotatable bonds is 8. The molecule has 1 aliphatic carbocycles. The van der Waals surface area contributed by atoms with Crippen molar-refractivity contribution in [1.82, 2.24) is 20.2 Å². The first kappa shape index (κ1) is 21.9. The van der Waals surface area contributed by atoms with E-state index >= 15 is 0 Å². The molecule has 0 amide bonds. The molecule has 3 aromatic rings. The van der Waals surface area contributed by atoms with Crippen molar-refractivity contribution in [2.75, 3.05) is 36.5 Å². The average Bonchev–Trinajstić information content (AvgIpc) is 3.60. The van der Waals surface area contributed by atoms with Gasteiger partial charge in [0.05, 0.1) is 13.2 Å². The van der Waals surface area contributed by atoms with Gasteiger partial charge in [0.15, 0.2) is 11.0 Å². The molecule has 0 atom stereocenters. The number of Topliss-reactive ketones (excluding diaryl/α,β-unsaturated/α-hetero) is 1. The second kappa shape index (κ2) is 9.52. The molecule has 1 saturated carbocycles. The summed E-state index contributed by atoms with van der Waals surface area (Å²) in [6.45, 7) is 6.97. The highest BCUT2D eigenvalue weighted by Crippen LogP contribution is 2.33. The van der Waals surface area contributed by atoms with Crippen LogP contribution in [0.2, 0.25) is 0 Å². The van der Waals surface area contributed by atoms with Crippen LogP contribution in [0.25, 0.3) is 0 Å². The zero-order valence-corrected chi connectivity index (χ0v) is 19.7. The number of H-pyrrole nitrogens is 1. The molecule has 0 unspecified atom stereocenters. The summed E-state index contributed by atoms with van der Waals surface area (Å²) in [5.41, 5.74) is 3.02. The highest BCUT2D eigenvalue weighted by Gasteiger charge is 2.29. The highest BCUT2D eigenvalue weighted by atomic mass is 32.2. The van der Waals surface area contributed by atoms with Gasteiger partial charge in [-0.2, -0.15) is 5.10 Å². The van der Waals surface area contributed by atoms with Crippen LogP contribution in [0.1, 0.15) is 29.7 Å². The standard InChI is InChI=1S/C24H28N6O2S/c1-15-13-21(29-28-15)25-22-16(2)23(30-9-11-32-12-10-30)27-24(26-22)33-19-7-3-17(4-8-19)14-20(31)18-5-6-18/h3-4,7-8,13,18H,5-6,9-12,14H2,1-2H3,(H2,25,26,27,28,29). The van der Waals surface area contributed by atoms with Gasteiger partial charge in [-0.3, -0.25) is 9.89 Å². The van der Waals surface area contributed by atoms with Crippen molar-refractivity contribution < 1.29 is 9.53 Å². The number of carbonyl (C=O) groups is 1. The van der Waals surface area contributed by atoms with Crippen molar-refractivity contribution in [2.24, 2.45) is 5.92 Å². The van der Waals surface area contributed by atoms with Gasteiger partial charge in [-0.25, -0.2) is 9.97 Å². The minimum absolute atomic E-state index is 0.294. The molecule has 2 aliphatic rings. The van der Waals surface area contributed by atoms with Crippen molar-refractivity contribution in [3.05, 3.63) is 47.2 Å². The number of carbonyl (C=O) groups excluding carboxylic acids is 1. The maximum absolute atomic E-state index is 12.1. The molecule has 1 saturated heterocycles. The van der Waals surface area contributed by atoms with E-state index < -0.39 is 0 Å². The van der Waals surface area contributed by atoms with E-state index in [0.717, 1.165) is 65.1 Å². The first-order valence-electron chi connectivity index (χ1n) is 11.3. The van der Waals surface area contributed by atoms with Crippen LogP contribution in [0, 0.1) is 19.8 Å². The van der Waals surface area contributed by atoms with Gasteiger partial charge < -0.3 is 15.0 Å². The number of benzene rings is 1. The number of aromatic amines is 1. The molecule has 172 valence electrons. The van der Waals surface area contributed by atoms with Crippen molar-refractivity contribution in [3.8, 4) is 0 Å². The number of hydrogen-bond donors (Lipinski definition) is 2. The van der Waals surface area contributed by atoms with E-state index in [1.165, 1.54) is 11.8 Å². The minimum Gasteiger partial charge on any atom is -0.378 e. The van der Waals surface area contributed by atoms with Gasteiger partial charge in [0.1, 0.15) is 17.4 Å². The summed E-state index contributed by atoms with van der Waals surface area (Å²) in [5, 5.41) is 11.3. The van der Waals surface area contributed by atoms with Gasteiger partial charge in [0.25, 0.3) is 0 Å². The Balaban J connectivity index is 1.39. The van der Waals surface area contributed by atoms with Crippen LogP contribution < -0.4 is 10.2 Å². The Bertz CT molecular complexity index is 1140. The lowest BCUT2D eigenvalue weighted by Gasteiger charge is -2.29. The number of aryl methyl sites for hydroxylation is 1. The van der Waals surface area contributed by atoms with Crippen LogP contribution in [0.15, 0.2) is 40.4 Å². The summed E-state index contributed by atoms with van der Waals surface area (Å²) in [5.74, 6) is 3.03. The van der Waals surface area contributed by atoms with Gasteiger partial charge in [-0.15, -0.1) is 0 Å². The van der Waals surface area contributed by atoms with E-state index in [9.17, 15) is 4.79 Å². The molecule has 0 bridgehead atoms.